The maximum atomic E-state index is 10.9. The van der Waals surface area contributed by atoms with Crippen LogP contribution in [-0.2, 0) is 4.79 Å². The number of carbonyl (C=O) groups excluding carboxylic acids is 2. The molecule has 1 heterocycles. The molecule has 0 saturated heterocycles. The van der Waals surface area contributed by atoms with Crippen molar-refractivity contribution in [3.63, 3.8) is 0 Å². The number of isocyanates is 1. The van der Waals surface area contributed by atoms with Crippen LogP contribution >= 0.6 is 0 Å². The molecule has 2 amide bonds. The molecule has 1 aliphatic rings. The van der Waals surface area contributed by atoms with Crippen LogP contribution in [0.4, 0.5) is 4.79 Å². The van der Waals surface area contributed by atoms with Crippen LogP contribution in [0.2, 0.25) is 0 Å². The zero-order valence-corrected chi connectivity index (χ0v) is 5.78. The largest absolute Gasteiger partial charge is 0.334 e. The van der Waals surface area contributed by atoms with Crippen LogP contribution in [-0.4, -0.2) is 30.2 Å². The SMILES string of the molecule is O=C=NCN1C=CCNC1=O. The van der Waals surface area contributed by atoms with Gasteiger partial charge in [-0.25, -0.2) is 9.59 Å². The lowest BCUT2D eigenvalue weighted by Crippen LogP contribution is -2.39. The first-order chi connectivity index (χ1) is 5.34. The lowest BCUT2D eigenvalue weighted by molar-refractivity contribution is 0.215. The molecule has 0 fully saturated rings. The van der Waals surface area contributed by atoms with Gasteiger partial charge in [-0.15, -0.1) is 0 Å². The summed E-state index contributed by atoms with van der Waals surface area (Å²) in [5.74, 6) is 0. The van der Waals surface area contributed by atoms with E-state index in [-0.39, 0.29) is 12.7 Å². The summed E-state index contributed by atoms with van der Waals surface area (Å²) >= 11 is 0. The van der Waals surface area contributed by atoms with E-state index in [9.17, 15) is 9.59 Å². The zero-order chi connectivity index (χ0) is 8.10. The lowest BCUT2D eigenvalue weighted by atomic mass is 10.5. The third-order valence-electron chi connectivity index (χ3n) is 1.20. The maximum absolute atomic E-state index is 10.9. The Morgan fingerprint density at radius 1 is 1.82 bits per heavy atom. The minimum atomic E-state index is -0.244. The van der Waals surface area contributed by atoms with Gasteiger partial charge in [0.25, 0.3) is 0 Å². The molecule has 0 saturated carbocycles. The van der Waals surface area contributed by atoms with Gasteiger partial charge in [-0.3, -0.25) is 4.90 Å². The van der Waals surface area contributed by atoms with Gasteiger partial charge < -0.3 is 5.32 Å². The van der Waals surface area contributed by atoms with Gasteiger partial charge in [0.05, 0.1) is 0 Å². The van der Waals surface area contributed by atoms with Crippen molar-refractivity contribution in [2.45, 2.75) is 0 Å². The highest BCUT2D eigenvalue weighted by atomic mass is 16.2. The Balaban J connectivity index is 2.54. The number of aliphatic imine (C=N–C) groups is 1. The number of amides is 2. The molecule has 0 atom stereocenters. The van der Waals surface area contributed by atoms with Gasteiger partial charge in [0.1, 0.15) is 6.67 Å². The number of nitrogens with one attached hydrogen (secondary N) is 1. The molecule has 58 valence electrons. The monoisotopic (exact) mass is 153 g/mol. The Morgan fingerprint density at radius 2 is 2.64 bits per heavy atom. The van der Waals surface area contributed by atoms with Crippen LogP contribution in [0.25, 0.3) is 0 Å². The van der Waals surface area contributed by atoms with Gasteiger partial charge in [-0.1, -0.05) is 0 Å². The predicted molar refractivity (Wildman–Crippen MR) is 37.4 cm³/mol. The van der Waals surface area contributed by atoms with Crippen LogP contribution in [0.15, 0.2) is 17.3 Å². The minimum Gasteiger partial charge on any atom is -0.334 e. The standard InChI is InChI=1S/C6H7N3O2/c10-5-7-4-9-3-1-2-8-6(9)11/h1,3H,2,4H2,(H,8,11). The number of carbonyl (C=O) groups is 1. The van der Waals surface area contributed by atoms with Crippen molar-refractivity contribution in [1.29, 1.82) is 0 Å². The Kier molecular flexibility index (Phi) is 2.41. The molecule has 0 aromatic rings. The maximum Gasteiger partial charge on any atom is 0.323 e. The van der Waals surface area contributed by atoms with Crippen LogP contribution in [0.1, 0.15) is 0 Å². The van der Waals surface area contributed by atoms with Crippen molar-refractivity contribution in [3.05, 3.63) is 12.3 Å². The van der Waals surface area contributed by atoms with E-state index in [0.717, 1.165) is 0 Å². The average Bonchev–Trinajstić information content (AvgIpc) is 2.03. The highest BCUT2D eigenvalue weighted by Gasteiger charge is 2.10. The van der Waals surface area contributed by atoms with E-state index < -0.39 is 0 Å². The van der Waals surface area contributed by atoms with E-state index in [0.29, 0.717) is 6.54 Å². The molecule has 0 bridgehead atoms. The normalized spacial score (nSPS) is 15.6. The number of urea groups is 1. The first-order valence-electron chi connectivity index (χ1n) is 3.09. The molecule has 0 spiro atoms. The Labute approximate surface area is 63.4 Å². The van der Waals surface area contributed by atoms with E-state index in [1.807, 2.05) is 0 Å². The molecule has 1 aliphatic heterocycles. The highest BCUT2D eigenvalue weighted by Crippen LogP contribution is 1.95. The Bertz CT molecular complexity index is 230. The molecule has 0 aromatic heterocycles. The molecule has 0 aliphatic carbocycles. The second kappa shape index (κ2) is 3.53. The third-order valence-corrected chi connectivity index (χ3v) is 1.20. The minimum absolute atomic E-state index is 0.0336. The average molecular weight is 153 g/mol. The molecular formula is C6H7N3O2. The van der Waals surface area contributed by atoms with E-state index in [2.05, 4.69) is 10.3 Å². The van der Waals surface area contributed by atoms with Gasteiger partial charge in [-0.05, 0) is 6.08 Å². The number of hydrogen-bond acceptors (Lipinski definition) is 3. The van der Waals surface area contributed by atoms with Gasteiger partial charge in [0.15, 0.2) is 0 Å². The van der Waals surface area contributed by atoms with Crippen LogP contribution in [0, 0.1) is 0 Å². The molecule has 0 aromatic carbocycles. The fraction of sp³-hybridized carbons (Fsp3) is 0.333. The molecule has 5 heteroatoms. The summed E-state index contributed by atoms with van der Waals surface area (Å²) in [6.07, 6.45) is 4.70. The van der Waals surface area contributed by atoms with Crippen molar-refractivity contribution in [3.8, 4) is 0 Å². The predicted octanol–water partition coefficient (Wildman–Crippen LogP) is -0.181. The van der Waals surface area contributed by atoms with Crippen LogP contribution in [0.3, 0.4) is 0 Å². The van der Waals surface area contributed by atoms with Gasteiger partial charge in [0, 0.05) is 12.7 Å². The fourth-order valence-electron chi connectivity index (χ4n) is 0.712. The number of rotatable bonds is 2. The molecular weight excluding hydrogens is 146 g/mol. The summed E-state index contributed by atoms with van der Waals surface area (Å²) in [7, 11) is 0. The molecule has 1 rings (SSSR count). The topological polar surface area (TPSA) is 61.8 Å². The van der Waals surface area contributed by atoms with Gasteiger partial charge in [0.2, 0.25) is 6.08 Å². The molecule has 0 radical (unpaired) electrons. The zero-order valence-electron chi connectivity index (χ0n) is 5.78. The van der Waals surface area contributed by atoms with Gasteiger partial charge in [-0.2, -0.15) is 4.99 Å². The molecule has 1 N–H and O–H groups in total. The lowest BCUT2D eigenvalue weighted by Gasteiger charge is -2.18. The number of hydrogen-bond donors (Lipinski definition) is 1. The summed E-state index contributed by atoms with van der Waals surface area (Å²) in [5.41, 5.74) is 0. The molecule has 0 unspecified atom stereocenters. The van der Waals surface area contributed by atoms with Crippen LogP contribution in [0.5, 0.6) is 0 Å². The van der Waals surface area contributed by atoms with Crippen molar-refractivity contribution in [1.82, 2.24) is 10.2 Å². The van der Waals surface area contributed by atoms with Crippen molar-refractivity contribution < 1.29 is 9.59 Å². The summed E-state index contributed by atoms with van der Waals surface area (Å²) < 4.78 is 0. The Morgan fingerprint density at radius 3 is 3.27 bits per heavy atom. The molecule has 5 nitrogen and oxygen atoms in total. The third kappa shape index (κ3) is 1.91. The summed E-state index contributed by atoms with van der Waals surface area (Å²) in [5, 5.41) is 2.55. The summed E-state index contributed by atoms with van der Waals surface area (Å²) in [4.78, 5) is 25.1. The summed E-state index contributed by atoms with van der Waals surface area (Å²) in [6, 6.07) is -0.244. The number of nitrogens with zero attached hydrogens (tertiary/aromatic N) is 2. The highest BCUT2D eigenvalue weighted by molar-refractivity contribution is 5.76. The first-order valence-corrected chi connectivity index (χ1v) is 3.09. The summed E-state index contributed by atoms with van der Waals surface area (Å²) in [6.45, 7) is 0.561. The molecule has 11 heavy (non-hydrogen) atoms. The second-order valence-electron chi connectivity index (χ2n) is 1.93. The van der Waals surface area contributed by atoms with Crippen molar-refractivity contribution in [2.75, 3.05) is 13.2 Å². The quantitative estimate of drug-likeness (QED) is 0.441. The van der Waals surface area contributed by atoms with E-state index in [1.165, 1.54) is 11.0 Å². The van der Waals surface area contributed by atoms with Crippen LogP contribution < -0.4 is 5.32 Å². The smallest absolute Gasteiger partial charge is 0.323 e. The Hall–Kier alpha value is -1.61. The fourth-order valence-corrected chi connectivity index (χ4v) is 0.712. The van der Waals surface area contributed by atoms with Crippen molar-refractivity contribution in [2.24, 2.45) is 4.99 Å². The van der Waals surface area contributed by atoms with Gasteiger partial charge >= 0.3 is 6.03 Å². The second-order valence-corrected chi connectivity index (χ2v) is 1.93. The van der Waals surface area contributed by atoms with Crippen molar-refractivity contribution >= 4 is 12.1 Å². The van der Waals surface area contributed by atoms with E-state index in [1.54, 1.807) is 12.3 Å². The van der Waals surface area contributed by atoms with E-state index >= 15 is 0 Å². The first kappa shape index (κ1) is 7.50. The van der Waals surface area contributed by atoms with E-state index in [4.69, 9.17) is 0 Å².